The fraction of sp³-hybridized carbons (Fsp3) is 0.429. The van der Waals surface area contributed by atoms with Gasteiger partial charge >= 0.3 is 0 Å². The molecule has 0 saturated heterocycles. The van der Waals surface area contributed by atoms with Crippen molar-refractivity contribution in [2.24, 2.45) is 5.92 Å². The van der Waals surface area contributed by atoms with Gasteiger partial charge in [0.1, 0.15) is 0 Å². The fourth-order valence-electron chi connectivity index (χ4n) is 4.12. The number of rotatable bonds is 6. The van der Waals surface area contributed by atoms with E-state index < -0.39 is 0 Å². The van der Waals surface area contributed by atoms with Crippen molar-refractivity contribution in [3.8, 4) is 11.8 Å². The maximum atomic E-state index is 3.28. The van der Waals surface area contributed by atoms with Crippen LogP contribution in [-0.2, 0) is 12.8 Å². The second kappa shape index (κ2) is 10.9. The van der Waals surface area contributed by atoms with Crippen LogP contribution in [0.4, 0.5) is 0 Å². The van der Waals surface area contributed by atoms with Crippen LogP contribution in [0.3, 0.4) is 0 Å². The summed E-state index contributed by atoms with van der Waals surface area (Å²) in [6.45, 7) is 4.46. The average molecular weight is 371 g/mol. The molecule has 28 heavy (non-hydrogen) atoms. The smallest absolute Gasteiger partial charge is 0.0249 e. The van der Waals surface area contributed by atoms with Crippen LogP contribution in [0.1, 0.15) is 80.5 Å². The van der Waals surface area contributed by atoms with Gasteiger partial charge in [-0.05, 0) is 91.7 Å². The molecular formula is C28H34. The summed E-state index contributed by atoms with van der Waals surface area (Å²) in [7, 11) is 0. The monoisotopic (exact) mass is 370 g/mol. The first-order valence-corrected chi connectivity index (χ1v) is 11.1. The number of unbranched alkanes of at least 4 members (excludes halogenated alkanes) is 1. The first kappa shape index (κ1) is 20.5. The highest BCUT2D eigenvalue weighted by Gasteiger charge is 2.20. The predicted octanol–water partition coefficient (Wildman–Crippen LogP) is 7.47. The molecule has 0 aromatic heterocycles. The molecular weight excluding hydrogens is 336 g/mol. The Hall–Kier alpha value is -2.26. The average Bonchev–Trinajstić information content (AvgIpc) is 2.76. The molecule has 0 heteroatoms. The Labute approximate surface area is 172 Å². The van der Waals surface area contributed by atoms with E-state index in [0.29, 0.717) is 5.92 Å². The minimum atomic E-state index is 0.692. The Bertz CT molecular complexity index is 788. The molecule has 146 valence electrons. The van der Waals surface area contributed by atoms with Crippen molar-refractivity contribution in [3.05, 3.63) is 82.9 Å². The van der Waals surface area contributed by atoms with Crippen molar-refractivity contribution in [1.82, 2.24) is 0 Å². The number of benzene rings is 2. The summed E-state index contributed by atoms with van der Waals surface area (Å²) in [5, 5.41) is 0. The van der Waals surface area contributed by atoms with Gasteiger partial charge in [-0.25, -0.2) is 0 Å². The highest BCUT2D eigenvalue weighted by Crippen LogP contribution is 2.36. The Balaban J connectivity index is 1.45. The molecule has 0 amide bonds. The van der Waals surface area contributed by atoms with Gasteiger partial charge in [-0.3, -0.25) is 0 Å². The van der Waals surface area contributed by atoms with Gasteiger partial charge in [-0.2, -0.15) is 0 Å². The molecule has 0 spiro atoms. The van der Waals surface area contributed by atoms with Crippen LogP contribution in [0.25, 0.3) is 0 Å². The van der Waals surface area contributed by atoms with Gasteiger partial charge < -0.3 is 0 Å². The number of allylic oxidation sites excluding steroid dienone is 2. The van der Waals surface area contributed by atoms with E-state index in [4.69, 9.17) is 0 Å². The first-order chi connectivity index (χ1) is 13.8. The highest BCUT2D eigenvalue weighted by molar-refractivity contribution is 5.38. The Morgan fingerprint density at radius 1 is 0.857 bits per heavy atom. The number of hydrogen-bond acceptors (Lipinski definition) is 0. The van der Waals surface area contributed by atoms with Gasteiger partial charge in [0.05, 0.1) is 0 Å². The predicted molar refractivity (Wildman–Crippen MR) is 122 cm³/mol. The van der Waals surface area contributed by atoms with E-state index in [0.717, 1.165) is 17.9 Å². The van der Waals surface area contributed by atoms with Crippen molar-refractivity contribution in [3.63, 3.8) is 0 Å². The summed E-state index contributed by atoms with van der Waals surface area (Å²) in [5.41, 5.74) is 5.50. The van der Waals surface area contributed by atoms with Crippen molar-refractivity contribution < 1.29 is 0 Å². The normalized spacial score (nSPS) is 19.4. The summed E-state index contributed by atoms with van der Waals surface area (Å²) >= 11 is 0. The lowest BCUT2D eigenvalue weighted by atomic mass is 9.78. The molecule has 0 nitrogen and oxygen atoms in total. The van der Waals surface area contributed by atoms with E-state index in [1.807, 2.05) is 0 Å². The van der Waals surface area contributed by atoms with Gasteiger partial charge in [-0.15, -0.1) is 0 Å². The van der Waals surface area contributed by atoms with Gasteiger partial charge in [-0.1, -0.05) is 74.6 Å². The topological polar surface area (TPSA) is 0 Å². The third kappa shape index (κ3) is 6.13. The van der Waals surface area contributed by atoms with Crippen molar-refractivity contribution in [2.45, 2.75) is 71.1 Å². The SMILES string of the molecule is CCCCc1ccc(C#C/C=C/[C@H]2CC[C@H](c3ccc(CC)cc3)CC2)cc1. The van der Waals surface area contributed by atoms with Crippen LogP contribution in [0.5, 0.6) is 0 Å². The van der Waals surface area contributed by atoms with Crippen LogP contribution in [-0.4, -0.2) is 0 Å². The first-order valence-electron chi connectivity index (χ1n) is 11.1. The van der Waals surface area contributed by atoms with E-state index >= 15 is 0 Å². The van der Waals surface area contributed by atoms with E-state index in [1.54, 1.807) is 0 Å². The summed E-state index contributed by atoms with van der Waals surface area (Å²) < 4.78 is 0. The molecule has 0 unspecified atom stereocenters. The van der Waals surface area contributed by atoms with Crippen LogP contribution in [0.15, 0.2) is 60.7 Å². The third-order valence-electron chi connectivity index (χ3n) is 6.07. The van der Waals surface area contributed by atoms with Gasteiger partial charge in [0.25, 0.3) is 0 Å². The minimum absolute atomic E-state index is 0.692. The highest BCUT2D eigenvalue weighted by atomic mass is 14.2. The molecule has 3 rings (SSSR count). The molecule has 0 bridgehead atoms. The van der Waals surface area contributed by atoms with E-state index in [-0.39, 0.29) is 0 Å². The fourth-order valence-corrected chi connectivity index (χ4v) is 4.12. The second-order valence-corrected chi connectivity index (χ2v) is 8.14. The zero-order valence-electron chi connectivity index (χ0n) is 17.6. The summed E-state index contributed by atoms with van der Waals surface area (Å²) in [4.78, 5) is 0. The lowest BCUT2D eigenvalue weighted by Crippen LogP contribution is -2.11. The quantitative estimate of drug-likeness (QED) is 0.462. The summed E-state index contributed by atoms with van der Waals surface area (Å²) in [5.74, 6) is 7.95. The zero-order valence-corrected chi connectivity index (χ0v) is 17.6. The Morgan fingerprint density at radius 2 is 1.54 bits per heavy atom. The van der Waals surface area contributed by atoms with Gasteiger partial charge in [0.2, 0.25) is 0 Å². The lowest BCUT2D eigenvalue weighted by Gasteiger charge is -2.27. The van der Waals surface area contributed by atoms with E-state index in [1.165, 1.54) is 61.6 Å². The molecule has 0 heterocycles. The van der Waals surface area contributed by atoms with Crippen LogP contribution in [0, 0.1) is 17.8 Å². The third-order valence-corrected chi connectivity index (χ3v) is 6.07. The van der Waals surface area contributed by atoms with Crippen LogP contribution >= 0.6 is 0 Å². The summed E-state index contributed by atoms with van der Waals surface area (Å²) in [6, 6.07) is 18.0. The van der Waals surface area contributed by atoms with Crippen molar-refractivity contribution >= 4 is 0 Å². The molecule has 2 aromatic rings. The van der Waals surface area contributed by atoms with Gasteiger partial charge in [0, 0.05) is 5.56 Å². The van der Waals surface area contributed by atoms with Gasteiger partial charge in [0.15, 0.2) is 0 Å². The molecule has 0 atom stereocenters. The molecule has 1 saturated carbocycles. The maximum absolute atomic E-state index is 3.28. The minimum Gasteiger partial charge on any atom is -0.0730 e. The van der Waals surface area contributed by atoms with E-state index in [9.17, 15) is 0 Å². The number of hydrogen-bond donors (Lipinski definition) is 0. The lowest BCUT2D eigenvalue weighted by molar-refractivity contribution is 0.376. The molecule has 1 aliphatic rings. The molecule has 0 radical (unpaired) electrons. The Morgan fingerprint density at radius 3 is 2.18 bits per heavy atom. The Kier molecular flexibility index (Phi) is 7.98. The van der Waals surface area contributed by atoms with Crippen LogP contribution in [0.2, 0.25) is 0 Å². The summed E-state index contributed by atoms with van der Waals surface area (Å²) in [6.07, 6.45) is 14.4. The number of aryl methyl sites for hydroxylation is 2. The maximum Gasteiger partial charge on any atom is 0.0249 e. The van der Waals surface area contributed by atoms with Crippen molar-refractivity contribution in [1.29, 1.82) is 0 Å². The molecule has 0 aliphatic heterocycles. The second-order valence-electron chi connectivity index (χ2n) is 8.14. The zero-order chi connectivity index (χ0) is 19.6. The molecule has 1 aliphatic carbocycles. The molecule has 1 fully saturated rings. The molecule has 0 N–H and O–H groups in total. The molecule has 2 aromatic carbocycles. The largest absolute Gasteiger partial charge is 0.0730 e. The van der Waals surface area contributed by atoms with E-state index in [2.05, 4.69) is 86.4 Å². The van der Waals surface area contributed by atoms with Crippen molar-refractivity contribution in [2.75, 3.05) is 0 Å². The standard InChI is InChI=1S/C28H34/c1-3-5-8-24-11-13-25(14-12-24)9-6-7-10-26-17-21-28(22-18-26)27-19-15-23(4-2)16-20-27/h7,10-16,19-20,26,28H,3-5,8,17-18,21-22H2,1-2H3/b10-7+/t26-,28-. The van der Waals surface area contributed by atoms with Crippen LogP contribution < -0.4 is 0 Å².